The molecule has 154 valence electrons. The molecular formula is C22H17Cl2NO3S2. The fraction of sp³-hybridized carbons (Fsp3) is 0.182. The molecule has 2 heterocycles. The number of rotatable bonds is 4. The number of benzene rings is 2. The van der Waals surface area contributed by atoms with E-state index in [1.165, 1.54) is 0 Å². The van der Waals surface area contributed by atoms with E-state index in [4.69, 9.17) is 27.9 Å². The van der Waals surface area contributed by atoms with E-state index < -0.39 is 6.04 Å². The van der Waals surface area contributed by atoms with Gasteiger partial charge in [-0.3, -0.25) is 14.5 Å². The maximum atomic E-state index is 13.7. The highest BCUT2D eigenvalue weighted by atomic mass is 35.5. The van der Waals surface area contributed by atoms with Crippen LogP contribution in [0.25, 0.3) is 0 Å². The molecule has 0 spiro atoms. The van der Waals surface area contributed by atoms with Crippen molar-refractivity contribution < 1.29 is 14.3 Å². The third-order valence-electron chi connectivity index (χ3n) is 4.88. The summed E-state index contributed by atoms with van der Waals surface area (Å²) in [6.07, 6.45) is 0.745. The average molecular weight is 478 g/mol. The number of halogens is 2. The van der Waals surface area contributed by atoms with Crippen molar-refractivity contribution in [2.75, 3.05) is 23.5 Å². The minimum absolute atomic E-state index is 0.219. The standard InChI is InChI=1S/C22H17Cl2NO3S2/c1-28-16-8-6-15(7-9-16)25-20(13-2-4-14(23)5-3-13)17(12-26)19(24)18(21(25)27)22-29-10-11-30-22/h2-9,12,20H,10-11H2,1H3. The van der Waals surface area contributed by atoms with E-state index in [9.17, 15) is 9.59 Å². The Morgan fingerprint density at radius 2 is 1.67 bits per heavy atom. The molecule has 4 nitrogen and oxygen atoms in total. The molecule has 0 aliphatic carbocycles. The molecule has 1 unspecified atom stereocenters. The van der Waals surface area contributed by atoms with Gasteiger partial charge in [-0.25, -0.2) is 0 Å². The molecule has 1 saturated heterocycles. The Balaban J connectivity index is 1.94. The molecule has 0 bridgehead atoms. The zero-order valence-electron chi connectivity index (χ0n) is 15.9. The van der Waals surface area contributed by atoms with Crippen LogP contribution in [0.3, 0.4) is 0 Å². The predicted octanol–water partition coefficient (Wildman–Crippen LogP) is 5.82. The fourth-order valence-corrected chi connectivity index (χ4v) is 6.57. The highest BCUT2D eigenvalue weighted by Gasteiger charge is 2.41. The molecule has 0 saturated carbocycles. The van der Waals surface area contributed by atoms with Crippen LogP contribution < -0.4 is 9.64 Å². The lowest BCUT2D eigenvalue weighted by Gasteiger charge is -2.37. The van der Waals surface area contributed by atoms with Crippen LogP contribution in [0, 0.1) is 0 Å². The molecule has 1 fully saturated rings. The predicted molar refractivity (Wildman–Crippen MR) is 126 cm³/mol. The Bertz CT molecular complexity index is 1040. The number of carbonyl (C=O) groups excluding carboxylic acids is 2. The van der Waals surface area contributed by atoms with E-state index in [1.807, 2.05) is 12.1 Å². The number of hydrogen-bond donors (Lipinski definition) is 0. The molecule has 0 aromatic heterocycles. The SMILES string of the molecule is COc1ccc(N2C(=O)C(=C3SCCS3)C(Cl)=C(C=O)C2c2ccc(Cl)cc2)cc1. The second-order valence-corrected chi connectivity index (χ2v) is 9.86. The number of nitrogens with zero attached hydrogens (tertiary/aromatic N) is 1. The second-order valence-electron chi connectivity index (χ2n) is 6.57. The van der Waals surface area contributed by atoms with Crippen LogP contribution in [0.2, 0.25) is 5.02 Å². The topological polar surface area (TPSA) is 46.6 Å². The molecule has 2 aromatic carbocycles. The molecule has 2 aliphatic rings. The van der Waals surface area contributed by atoms with Crippen molar-refractivity contribution in [3.05, 3.63) is 79.5 Å². The van der Waals surface area contributed by atoms with Gasteiger partial charge in [0.1, 0.15) is 12.0 Å². The zero-order chi connectivity index (χ0) is 21.3. The van der Waals surface area contributed by atoms with Crippen LogP contribution in [0.5, 0.6) is 5.75 Å². The first kappa shape index (κ1) is 21.4. The fourth-order valence-electron chi connectivity index (χ4n) is 3.47. The van der Waals surface area contributed by atoms with Gasteiger partial charge in [0.25, 0.3) is 5.91 Å². The van der Waals surface area contributed by atoms with E-state index in [0.29, 0.717) is 27.6 Å². The van der Waals surface area contributed by atoms with Crippen molar-refractivity contribution in [1.29, 1.82) is 0 Å². The minimum Gasteiger partial charge on any atom is -0.497 e. The van der Waals surface area contributed by atoms with Crippen molar-refractivity contribution in [3.8, 4) is 5.75 Å². The van der Waals surface area contributed by atoms with Crippen LogP contribution in [0.4, 0.5) is 5.69 Å². The zero-order valence-corrected chi connectivity index (χ0v) is 19.1. The molecule has 4 rings (SSSR count). The van der Waals surface area contributed by atoms with Gasteiger partial charge < -0.3 is 4.74 Å². The van der Waals surface area contributed by atoms with Crippen LogP contribution in [0.15, 0.2) is 68.9 Å². The van der Waals surface area contributed by atoms with Crippen molar-refractivity contribution in [2.24, 2.45) is 0 Å². The maximum absolute atomic E-state index is 13.7. The van der Waals surface area contributed by atoms with E-state index in [-0.39, 0.29) is 10.9 Å². The van der Waals surface area contributed by atoms with E-state index in [1.54, 1.807) is 71.9 Å². The number of hydrogen-bond acceptors (Lipinski definition) is 5. The highest BCUT2D eigenvalue weighted by Crippen LogP contribution is 2.48. The van der Waals surface area contributed by atoms with Crippen molar-refractivity contribution >= 4 is 64.6 Å². The van der Waals surface area contributed by atoms with Gasteiger partial charge in [0.05, 0.1) is 28.0 Å². The number of amides is 1. The highest BCUT2D eigenvalue weighted by molar-refractivity contribution is 8.25. The van der Waals surface area contributed by atoms with Crippen LogP contribution in [-0.4, -0.2) is 30.8 Å². The first-order valence-corrected chi connectivity index (χ1v) is 11.9. The summed E-state index contributed by atoms with van der Waals surface area (Å²) in [5.74, 6) is 2.25. The smallest absolute Gasteiger partial charge is 0.262 e. The largest absolute Gasteiger partial charge is 0.497 e. The third-order valence-corrected chi connectivity index (χ3v) is 8.25. The number of anilines is 1. The summed E-state index contributed by atoms with van der Waals surface area (Å²) in [6.45, 7) is 0. The van der Waals surface area contributed by atoms with Crippen LogP contribution in [-0.2, 0) is 9.59 Å². The lowest BCUT2D eigenvalue weighted by molar-refractivity contribution is -0.115. The molecule has 2 aliphatic heterocycles. The Hall–Kier alpha value is -1.86. The van der Waals surface area contributed by atoms with Gasteiger partial charge in [0, 0.05) is 27.8 Å². The van der Waals surface area contributed by atoms with Gasteiger partial charge in [0.15, 0.2) is 0 Å². The number of aldehydes is 1. The average Bonchev–Trinajstić information content (AvgIpc) is 3.29. The van der Waals surface area contributed by atoms with Gasteiger partial charge in [-0.2, -0.15) is 0 Å². The Morgan fingerprint density at radius 3 is 2.23 bits per heavy atom. The second kappa shape index (κ2) is 9.10. The summed E-state index contributed by atoms with van der Waals surface area (Å²) in [4.78, 5) is 27.6. The monoisotopic (exact) mass is 477 g/mol. The molecule has 0 radical (unpaired) electrons. The number of carbonyl (C=O) groups is 2. The Kier molecular flexibility index (Phi) is 6.48. The summed E-state index contributed by atoms with van der Waals surface area (Å²) >= 11 is 15.9. The van der Waals surface area contributed by atoms with Gasteiger partial charge in [-0.05, 0) is 42.0 Å². The molecule has 0 N–H and O–H groups in total. The van der Waals surface area contributed by atoms with Gasteiger partial charge in [-0.1, -0.05) is 35.3 Å². The number of methoxy groups -OCH3 is 1. The Morgan fingerprint density at radius 1 is 1.03 bits per heavy atom. The van der Waals surface area contributed by atoms with Crippen molar-refractivity contribution in [2.45, 2.75) is 6.04 Å². The van der Waals surface area contributed by atoms with Crippen molar-refractivity contribution in [3.63, 3.8) is 0 Å². The minimum atomic E-state index is -0.658. The molecule has 2 aromatic rings. The van der Waals surface area contributed by atoms with Crippen LogP contribution >= 0.6 is 46.7 Å². The van der Waals surface area contributed by atoms with Crippen molar-refractivity contribution in [1.82, 2.24) is 0 Å². The van der Waals surface area contributed by atoms with Gasteiger partial charge in [-0.15, -0.1) is 23.5 Å². The van der Waals surface area contributed by atoms with Gasteiger partial charge in [0.2, 0.25) is 0 Å². The summed E-state index contributed by atoms with van der Waals surface area (Å²) in [5, 5.41) is 0.790. The lowest BCUT2D eigenvalue weighted by Crippen LogP contribution is -2.41. The van der Waals surface area contributed by atoms with E-state index in [2.05, 4.69) is 0 Å². The van der Waals surface area contributed by atoms with Gasteiger partial charge >= 0.3 is 0 Å². The Labute approximate surface area is 193 Å². The molecule has 1 atom stereocenters. The summed E-state index contributed by atoms with van der Waals surface area (Å²) in [5.41, 5.74) is 2.15. The maximum Gasteiger partial charge on any atom is 0.262 e. The number of ether oxygens (including phenoxy) is 1. The van der Waals surface area contributed by atoms with E-state index >= 15 is 0 Å². The molecule has 8 heteroatoms. The summed E-state index contributed by atoms with van der Waals surface area (Å²) in [6, 6.07) is 13.6. The van der Waals surface area contributed by atoms with Crippen LogP contribution in [0.1, 0.15) is 11.6 Å². The first-order valence-electron chi connectivity index (χ1n) is 9.13. The number of thioether (sulfide) groups is 2. The lowest BCUT2D eigenvalue weighted by atomic mass is 9.91. The molecule has 30 heavy (non-hydrogen) atoms. The quantitative estimate of drug-likeness (QED) is 0.410. The first-order chi connectivity index (χ1) is 14.5. The summed E-state index contributed by atoms with van der Waals surface area (Å²) in [7, 11) is 1.58. The molecule has 1 amide bonds. The third kappa shape index (κ3) is 3.89. The normalized spacial score (nSPS) is 19.5. The molecular weight excluding hydrogens is 461 g/mol. The van der Waals surface area contributed by atoms with E-state index in [0.717, 1.165) is 27.6 Å². The summed E-state index contributed by atoms with van der Waals surface area (Å²) < 4.78 is 6.11.